The van der Waals surface area contributed by atoms with E-state index in [1.54, 1.807) is 19.0 Å². The Morgan fingerprint density at radius 1 is 1.24 bits per heavy atom. The third kappa shape index (κ3) is 9.35. The zero-order chi connectivity index (χ0) is 20.5. The number of rotatable bonds is 8. The van der Waals surface area contributed by atoms with Crippen LogP contribution < -0.4 is 10.6 Å². The second-order valence-electron chi connectivity index (χ2n) is 8.46. The number of hydrogen-bond acceptors (Lipinski definition) is 5. The maximum absolute atomic E-state index is 12.0. The number of nitrogens with zero attached hydrogens (tertiary/aromatic N) is 4. The van der Waals surface area contributed by atoms with Gasteiger partial charge in [0.15, 0.2) is 5.96 Å². The third-order valence-corrected chi connectivity index (χ3v) is 5.61. The molecule has 2 rings (SSSR count). The van der Waals surface area contributed by atoms with E-state index in [-0.39, 0.29) is 36.4 Å². The number of carbonyl (C=O) groups excluding carboxylic acids is 1. The van der Waals surface area contributed by atoms with Crippen molar-refractivity contribution in [2.24, 2.45) is 10.9 Å². The van der Waals surface area contributed by atoms with Crippen LogP contribution in [0, 0.1) is 5.92 Å². The summed E-state index contributed by atoms with van der Waals surface area (Å²) in [6.45, 7) is 14.6. The van der Waals surface area contributed by atoms with Gasteiger partial charge in [0.05, 0.1) is 13.2 Å². The number of guanidine groups is 1. The van der Waals surface area contributed by atoms with Crippen LogP contribution in [0.15, 0.2) is 4.99 Å². The van der Waals surface area contributed by atoms with Crippen molar-refractivity contribution in [3.8, 4) is 0 Å². The maximum Gasteiger partial charge on any atom is 0.243 e. The molecule has 2 aliphatic rings. The van der Waals surface area contributed by atoms with E-state index in [1.807, 2.05) is 0 Å². The molecule has 0 bridgehead atoms. The Morgan fingerprint density at radius 2 is 1.93 bits per heavy atom. The summed E-state index contributed by atoms with van der Waals surface area (Å²) in [6.07, 6.45) is 1.04. The fourth-order valence-corrected chi connectivity index (χ4v) is 3.56. The Kier molecular flexibility index (Phi) is 12.4. The van der Waals surface area contributed by atoms with Gasteiger partial charge in [-0.3, -0.25) is 14.6 Å². The molecule has 1 amide bonds. The molecule has 0 aromatic rings. The first-order valence-electron chi connectivity index (χ1n) is 10.7. The minimum atomic E-state index is 0. The Morgan fingerprint density at radius 3 is 2.52 bits per heavy atom. The summed E-state index contributed by atoms with van der Waals surface area (Å²) < 4.78 is 5.40. The highest BCUT2D eigenvalue weighted by Gasteiger charge is 2.31. The number of nitrogens with one attached hydrogen (secondary N) is 2. The zero-order valence-corrected chi connectivity index (χ0v) is 21.1. The molecule has 2 heterocycles. The van der Waals surface area contributed by atoms with E-state index in [1.165, 1.54) is 0 Å². The number of likely N-dealkylation sites (tertiary alicyclic amines) is 1. The summed E-state index contributed by atoms with van der Waals surface area (Å²) in [4.78, 5) is 23.0. The van der Waals surface area contributed by atoms with Gasteiger partial charge in [-0.1, -0.05) is 6.92 Å². The Bertz CT molecular complexity index is 511. The molecule has 2 N–H and O–H groups in total. The van der Waals surface area contributed by atoms with E-state index >= 15 is 0 Å². The van der Waals surface area contributed by atoms with E-state index in [0.29, 0.717) is 18.0 Å². The van der Waals surface area contributed by atoms with E-state index in [0.717, 1.165) is 64.9 Å². The van der Waals surface area contributed by atoms with E-state index in [9.17, 15) is 4.79 Å². The molecule has 0 aliphatic carbocycles. The number of carbonyl (C=O) groups is 1. The van der Waals surface area contributed by atoms with Crippen molar-refractivity contribution in [2.45, 2.75) is 39.3 Å². The molecule has 0 aromatic heterocycles. The summed E-state index contributed by atoms with van der Waals surface area (Å²) >= 11 is 0. The molecule has 2 fully saturated rings. The highest BCUT2D eigenvalue weighted by molar-refractivity contribution is 14.0. The van der Waals surface area contributed by atoms with Crippen molar-refractivity contribution in [2.75, 3.05) is 73.1 Å². The van der Waals surface area contributed by atoms with Crippen molar-refractivity contribution in [1.29, 1.82) is 0 Å². The van der Waals surface area contributed by atoms with Crippen LogP contribution >= 0.6 is 24.0 Å². The number of ether oxygens (including phenoxy) is 1. The standard InChI is InChI=1S/C20H40N6O2.HI/c1-16(2)26-14-17(3)18(15-26)23-20(22-13-19(27)24(4)5)21-7-6-8-25-9-11-28-12-10-25;/h16-18H,6-15H2,1-5H3,(H2,21,22,23);1H. The van der Waals surface area contributed by atoms with Gasteiger partial charge in [0.2, 0.25) is 5.91 Å². The van der Waals surface area contributed by atoms with Gasteiger partial charge in [0.25, 0.3) is 0 Å². The van der Waals surface area contributed by atoms with Crippen molar-refractivity contribution < 1.29 is 9.53 Å². The highest BCUT2D eigenvalue weighted by Crippen LogP contribution is 2.18. The summed E-state index contributed by atoms with van der Waals surface area (Å²) in [6, 6.07) is 0.897. The molecule has 8 nitrogen and oxygen atoms in total. The number of morpholine rings is 1. The van der Waals surface area contributed by atoms with E-state index in [2.05, 4.69) is 46.2 Å². The molecule has 0 radical (unpaired) electrons. The van der Waals surface area contributed by atoms with Crippen molar-refractivity contribution in [1.82, 2.24) is 25.3 Å². The lowest BCUT2D eigenvalue weighted by Crippen LogP contribution is -2.48. The first-order chi connectivity index (χ1) is 13.4. The van der Waals surface area contributed by atoms with Gasteiger partial charge in [-0.15, -0.1) is 24.0 Å². The molecular weight excluding hydrogens is 483 g/mol. The van der Waals surface area contributed by atoms with Crippen molar-refractivity contribution >= 4 is 35.8 Å². The quantitative estimate of drug-likeness (QED) is 0.211. The smallest absolute Gasteiger partial charge is 0.243 e. The summed E-state index contributed by atoms with van der Waals surface area (Å²) in [5.74, 6) is 1.31. The van der Waals surface area contributed by atoms with Crippen LogP contribution in [0.2, 0.25) is 0 Å². The number of aliphatic imine (C=N–C) groups is 1. The molecule has 2 atom stereocenters. The average molecular weight is 524 g/mol. The van der Waals surface area contributed by atoms with Gasteiger partial charge in [-0.05, 0) is 32.7 Å². The number of hydrogen-bond donors (Lipinski definition) is 2. The van der Waals surface area contributed by atoms with Crippen LogP contribution in [0.5, 0.6) is 0 Å². The molecule has 2 saturated heterocycles. The molecule has 9 heteroatoms. The van der Waals surface area contributed by atoms with Crippen LogP contribution in [0.4, 0.5) is 0 Å². The van der Waals surface area contributed by atoms with Gasteiger partial charge < -0.3 is 20.3 Å². The van der Waals surface area contributed by atoms with Crippen LogP contribution in [0.25, 0.3) is 0 Å². The lowest BCUT2D eigenvalue weighted by molar-refractivity contribution is -0.127. The van der Waals surface area contributed by atoms with Gasteiger partial charge in [0, 0.05) is 58.9 Å². The molecule has 0 aromatic carbocycles. The molecular formula is C20H41IN6O2. The Hall–Kier alpha value is -0.650. The van der Waals surface area contributed by atoms with Crippen LogP contribution in [0.3, 0.4) is 0 Å². The summed E-state index contributed by atoms with van der Waals surface area (Å²) in [5.41, 5.74) is 0. The maximum atomic E-state index is 12.0. The summed E-state index contributed by atoms with van der Waals surface area (Å²) in [7, 11) is 3.53. The second kappa shape index (κ2) is 13.6. The minimum Gasteiger partial charge on any atom is -0.379 e. The predicted molar refractivity (Wildman–Crippen MR) is 129 cm³/mol. The van der Waals surface area contributed by atoms with Crippen molar-refractivity contribution in [3.05, 3.63) is 0 Å². The van der Waals surface area contributed by atoms with Gasteiger partial charge in [-0.2, -0.15) is 0 Å². The predicted octanol–water partition coefficient (Wildman–Crippen LogP) is 0.679. The first kappa shape index (κ1) is 26.4. The number of amides is 1. The normalized spacial score (nSPS) is 23.7. The van der Waals surface area contributed by atoms with Gasteiger partial charge >= 0.3 is 0 Å². The first-order valence-corrected chi connectivity index (χ1v) is 10.7. The Labute approximate surface area is 193 Å². The van der Waals surface area contributed by atoms with Crippen molar-refractivity contribution in [3.63, 3.8) is 0 Å². The fourth-order valence-electron chi connectivity index (χ4n) is 3.56. The molecule has 2 unspecified atom stereocenters. The van der Waals surface area contributed by atoms with E-state index in [4.69, 9.17) is 4.74 Å². The Balaban J connectivity index is 0.00000420. The van der Waals surface area contributed by atoms with Gasteiger partial charge in [0.1, 0.15) is 6.54 Å². The lowest BCUT2D eigenvalue weighted by atomic mass is 10.1. The largest absolute Gasteiger partial charge is 0.379 e. The molecule has 0 saturated carbocycles. The minimum absolute atomic E-state index is 0. The number of likely N-dealkylation sites (N-methyl/N-ethyl adjacent to an activating group) is 1. The summed E-state index contributed by atoms with van der Waals surface area (Å²) in [5, 5.41) is 7.01. The topological polar surface area (TPSA) is 72.4 Å². The molecule has 2 aliphatic heterocycles. The highest BCUT2D eigenvalue weighted by atomic mass is 127. The third-order valence-electron chi connectivity index (χ3n) is 5.61. The van der Waals surface area contributed by atoms with Crippen LogP contribution in [-0.4, -0.2) is 112 Å². The molecule has 170 valence electrons. The molecule has 0 spiro atoms. The number of halogens is 1. The van der Waals surface area contributed by atoms with Crippen LogP contribution in [-0.2, 0) is 9.53 Å². The fraction of sp³-hybridized carbons (Fsp3) is 0.900. The average Bonchev–Trinajstić information content (AvgIpc) is 3.04. The van der Waals surface area contributed by atoms with E-state index < -0.39 is 0 Å². The monoisotopic (exact) mass is 524 g/mol. The van der Waals surface area contributed by atoms with Crippen LogP contribution in [0.1, 0.15) is 27.2 Å². The lowest BCUT2D eigenvalue weighted by Gasteiger charge is -2.27. The molecule has 29 heavy (non-hydrogen) atoms. The van der Waals surface area contributed by atoms with Gasteiger partial charge in [-0.25, -0.2) is 4.99 Å². The second-order valence-corrected chi connectivity index (χ2v) is 8.46. The SMILES string of the molecule is CC1CN(C(C)C)CC1NC(=NCC(=O)N(C)C)NCCCN1CCOCC1.I. The zero-order valence-electron chi connectivity index (χ0n) is 18.8.